The van der Waals surface area contributed by atoms with Crippen LogP contribution in [-0.4, -0.2) is 10.3 Å². The second kappa shape index (κ2) is 3.88. The smallest absolute Gasteiger partial charge is 0.129 e. The number of hydrogen-bond donors (Lipinski definition) is 0. The van der Waals surface area contributed by atoms with Gasteiger partial charge in [0, 0.05) is 11.5 Å². The molecule has 0 saturated carbocycles. The van der Waals surface area contributed by atoms with Gasteiger partial charge in [0.25, 0.3) is 0 Å². The number of hydrogen-bond acceptors (Lipinski definition) is 1. The lowest BCUT2D eigenvalue weighted by atomic mass is 10.2. The van der Waals surface area contributed by atoms with Gasteiger partial charge in [0.15, 0.2) is 0 Å². The summed E-state index contributed by atoms with van der Waals surface area (Å²) in [5.41, 5.74) is 2.03. The Kier molecular flexibility index (Phi) is 3.09. The summed E-state index contributed by atoms with van der Waals surface area (Å²) in [4.78, 5) is 3.93. The molecule has 0 unspecified atom stereocenters. The summed E-state index contributed by atoms with van der Waals surface area (Å²) in [6.45, 7) is 3.84. The average molecular weight is 233 g/mol. The van der Waals surface area contributed by atoms with Gasteiger partial charge in [-0.2, -0.15) is 0 Å². The maximum absolute atomic E-state index is 5.61. The van der Waals surface area contributed by atoms with Crippen molar-refractivity contribution in [1.29, 1.82) is 0 Å². The molecule has 0 aliphatic rings. The second-order valence-electron chi connectivity index (χ2n) is 2.11. The molecule has 1 aromatic heterocycles. The third-order valence-electron chi connectivity index (χ3n) is 1.30. The summed E-state index contributed by atoms with van der Waals surface area (Å²) in [7, 11) is 0. The topological polar surface area (TPSA) is 12.9 Å². The highest BCUT2D eigenvalue weighted by atomic mass is 79.9. The fourth-order valence-corrected chi connectivity index (χ4v) is 1.10. The van der Waals surface area contributed by atoms with Gasteiger partial charge in [0.1, 0.15) is 5.15 Å². The molecule has 0 fully saturated rings. The molecule has 11 heavy (non-hydrogen) atoms. The highest BCUT2D eigenvalue weighted by Gasteiger charge is 1.96. The lowest BCUT2D eigenvalue weighted by Crippen LogP contribution is -1.84. The number of pyridine rings is 1. The van der Waals surface area contributed by atoms with Crippen LogP contribution in [0.25, 0.3) is 5.57 Å². The highest BCUT2D eigenvalue weighted by Crippen LogP contribution is 2.14. The van der Waals surface area contributed by atoms with Gasteiger partial charge in [0.2, 0.25) is 0 Å². The standard InChI is InChI=1S/C8H7BrClN/c1-6(4-9)7-2-3-8(10)11-5-7/h2-3,5H,1,4H2. The maximum atomic E-state index is 5.61. The molecule has 1 aromatic rings. The summed E-state index contributed by atoms with van der Waals surface area (Å²) in [5.74, 6) is 0. The van der Waals surface area contributed by atoms with Gasteiger partial charge in [0.05, 0.1) is 0 Å². The molecule has 0 amide bonds. The number of halogens is 2. The molecule has 3 heteroatoms. The number of alkyl halides is 1. The summed E-state index contributed by atoms with van der Waals surface area (Å²) in [6.07, 6.45) is 1.71. The van der Waals surface area contributed by atoms with Crippen molar-refractivity contribution in [3.8, 4) is 0 Å². The van der Waals surface area contributed by atoms with Gasteiger partial charge < -0.3 is 0 Å². The van der Waals surface area contributed by atoms with Crippen molar-refractivity contribution in [2.75, 3.05) is 5.33 Å². The maximum Gasteiger partial charge on any atom is 0.129 e. The molecule has 1 heterocycles. The Labute approximate surface area is 79.2 Å². The predicted octanol–water partition coefficient (Wildman–Crippen LogP) is 3.14. The van der Waals surface area contributed by atoms with Gasteiger partial charge in [-0.1, -0.05) is 40.2 Å². The van der Waals surface area contributed by atoms with Gasteiger partial charge >= 0.3 is 0 Å². The fourth-order valence-electron chi connectivity index (χ4n) is 0.662. The van der Waals surface area contributed by atoms with Crippen LogP contribution in [0, 0.1) is 0 Å². The van der Waals surface area contributed by atoms with Gasteiger partial charge in [-0.05, 0) is 17.2 Å². The molecule has 0 bridgehead atoms. The SMILES string of the molecule is C=C(CBr)c1ccc(Cl)nc1. The second-order valence-corrected chi connectivity index (χ2v) is 3.05. The van der Waals surface area contributed by atoms with Crippen molar-refractivity contribution < 1.29 is 0 Å². The average Bonchev–Trinajstić information content (AvgIpc) is 2.05. The van der Waals surface area contributed by atoms with Crippen molar-refractivity contribution >= 4 is 33.1 Å². The van der Waals surface area contributed by atoms with Crippen molar-refractivity contribution in [3.05, 3.63) is 35.6 Å². The monoisotopic (exact) mass is 231 g/mol. The summed E-state index contributed by atoms with van der Waals surface area (Å²) >= 11 is 8.92. The van der Waals surface area contributed by atoms with E-state index in [0.29, 0.717) is 5.15 Å². The lowest BCUT2D eigenvalue weighted by molar-refractivity contribution is 1.31. The quantitative estimate of drug-likeness (QED) is 0.564. The van der Waals surface area contributed by atoms with E-state index in [9.17, 15) is 0 Å². The van der Waals surface area contributed by atoms with Crippen LogP contribution in [-0.2, 0) is 0 Å². The normalized spacial score (nSPS) is 9.64. The van der Waals surface area contributed by atoms with E-state index in [0.717, 1.165) is 16.5 Å². The Morgan fingerprint density at radius 2 is 2.36 bits per heavy atom. The number of allylic oxidation sites excluding steroid dienone is 1. The third-order valence-corrected chi connectivity index (χ3v) is 2.20. The Morgan fingerprint density at radius 1 is 1.64 bits per heavy atom. The van der Waals surface area contributed by atoms with Crippen LogP contribution in [0.2, 0.25) is 5.15 Å². The van der Waals surface area contributed by atoms with Crippen LogP contribution in [0.5, 0.6) is 0 Å². The molecule has 0 aliphatic carbocycles. The van der Waals surface area contributed by atoms with Crippen LogP contribution in [0.1, 0.15) is 5.56 Å². The van der Waals surface area contributed by atoms with E-state index in [1.54, 1.807) is 12.3 Å². The first-order valence-electron chi connectivity index (χ1n) is 3.09. The van der Waals surface area contributed by atoms with Crippen LogP contribution in [0.15, 0.2) is 24.9 Å². The van der Waals surface area contributed by atoms with Crippen LogP contribution < -0.4 is 0 Å². The minimum atomic E-state index is 0.510. The Morgan fingerprint density at radius 3 is 2.82 bits per heavy atom. The van der Waals surface area contributed by atoms with Crippen molar-refractivity contribution in [2.24, 2.45) is 0 Å². The van der Waals surface area contributed by atoms with Crippen LogP contribution in [0.3, 0.4) is 0 Å². The summed E-state index contributed by atoms with van der Waals surface area (Å²) < 4.78 is 0. The minimum Gasteiger partial charge on any atom is -0.244 e. The molecule has 0 spiro atoms. The van der Waals surface area contributed by atoms with Crippen LogP contribution in [0.4, 0.5) is 0 Å². The molecule has 0 atom stereocenters. The Balaban J connectivity index is 2.90. The zero-order chi connectivity index (χ0) is 8.27. The van der Waals surface area contributed by atoms with E-state index in [-0.39, 0.29) is 0 Å². The Hall–Kier alpha value is -0.340. The van der Waals surface area contributed by atoms with E-state index in [1.807, 2.05) is 6.07 Å². The number of nitrogens with zero attached hydrogens (tertiary/aromatic N) is 1. The van der Waals surface area contributed by atoms with E-state index < -0.39 is 0 Å². The molecule has 0 radical (unpaired) electrons. The minimum absolute atomic E-state index is 0.510. The molecular weight excluding hydrogens is 225 g/mol. The largest absolute Gasteiger partial charge is 0.244 e. The van der Waals surface area contributed by atoms with Gasteiger partial charge in [-0.15, -0.1) is 0 Å². The van der Waals surface area contributed by atoms with Crippen molar-refractivity contribution in [1.82, 2.24) is 4.98 Å². The first-order valence-corrected chi connectivity index (χ1v) is 4.59. The molecule has 0 saturated heterocycles. The van der Waals surface area contributed by atoms with E-state index in [1.165, 1.54) is 0 Å². The van der Waals surface area contributed by atoms with Crippen LogP contribution >= 0.6 is 27.5 Å². The molecular formula is C8H7BrClN. The van der Waals surface area contributed by atoms with Crippen molar-refractivity contribution in [2.45, 2.75) is 0 Å². The van der Waals surface area contributed by atoms with E-state index >= 15 is 0 Å². The zero-order valence-electron chi connectivity index (χ0n) is 5.85. The highest BCUT2D eigenvalue weighted by molar-refractivity contribution is 9.09. The zero-order valence-corrected chi connectivity index (χ0v) is 8.19. The molecule has 0 N–H and O–H groups in total. The summed E-state index contributed by atoms with van der Waals surface area (Å²) in [5, 5.41) is 1.27. The molecule has 58 valence electrons. The molecule has 0 aromatic carbocycles. The molecule has 0 aliphatic heterocycles. The predicted molar refractivity (Wildman–Crippen MR) is 52.1 cm³/mol. The first-order chi connectivity index (χ1) is 5.24. The fraction of sp³-hybridized carbons (Fsp3) is 0.125. The van der Waals surface area contributed by atoms with E-state index in [4.69, 9.17) is 11.6 Å². The van der Waals surface area contributed by atoms with Crippen molar-refractivity contribution in [3.63, 3.8) is 0 Å². The lowest BCUT2D eigenvalue weighted by Gasteiger charge is -1.99. The number of aromatic nitrogens is 1. The third kappa shape index (κ3) is 2.31. The van der Waals surface area contributed by atoms with Gasteiger partial charge in [-0.25, -0.2) is 4.98 Å². The van der Waals surface area contributed by atoms with Gasteiger partial charge in [-0.3, -0.25) is 0 Å². The molecule has 1 nitrogen and oxygen atoms in total. The number of rotatable bonds is 2. The molecule has 1 rings (SSSR count). The Bertz CT molecular complexity index is 255. The van der Waals surface area contributed by atoms with E-state index in [2.05, 4.69) is 27.5 Å². The summed E-state index contributed by atoms with van der Waals surface area (Å²) in [6, 6.07) is 3.66. The first kappa shape index (κ1) is 8.75.